The van der Waals surface area contributed by atoms with Crippen molar-refractivity contribution in [3.63, 3.8) is 0 Å². The minimum Gasteiger partial charge on any atom is -0.454 e. The molecule has 2 heterocycles. The van der Waals surface area contributed by atoms with Crippen molar-refractivity contribution in [2.75, 3.05) is 4.90 Å². The number of benzene rings is 10. The second-order valence-corrected chi connectivity index (χ2v) is 16.2. The molecule has 60 heavy (non-hydrogen) atoms. The van der Waals surface area contributed by atoms with Crippen LogP contribution in [0.4, 0.5) is 17.1 Å². The van der Waals surface area contributed by atoms with Gasteiger partial charge < -0.3 is 13.9 Å². The largest absolute Gasteiger partial charge is 0.454 e. The number of hydrogen-bond donors (Lipinski definition) is 0. The van der Waals surface area contributed by atoms with Crippen LogP contribution in [0.1, 0.15) is 5.56 Å². The molecule has 2 aromatic heterocycles. The van der Waals surface area contributed by atoms with Gasteiger partial charge in [-0.25, -0.2) is 0 Å². The Balaban J connectivity index is 0.962. The zero-order chi connectivity index (χ0) is 39.5. The number of anilines is 3. The summed E-state index contributed by atoms with van der Waals surface area (Å²) in [5.74, 6) is 0. The average molecular weight is 765 g/mol. The van der Waals surface area contributed by atoms with Gasteiger partial charge in [-0.1, -0.05) is 121 Å². The number of para-hydroxylation sites is 3. The molecule has 0 saturated carbocycles. The zero-order valence-electron chi connectivity index (χ0n) is 32.9. The maximum absolute atomic E-state index is 6.82. The summed E-state index contributed by atoms with van der Waals surface area (Å²) < 4.78 is 9.22. The summed E-state index contributed by atoms with van der Waals surface area (Å²) in [5.41, 5.74) is 17.3. The van der Waals surface area contributed by atoms with E-state index in [0.29, 0.717) is 0 Å². The Hall–Kier alpha value is -7.88. The van der Waals surface area contributed by atoms with Crippen LogP contribution in [0.15, 0.2) is 205 Å². The summed E-state index contributed by atoms with van der Waals surface area (Å²) >= 11 is 0. The van der Waals surface area contributed by atoms with Crippen molar-refractivity contribution < 1.29 is 4.42 Å². The molecule has 0 fully saturated rings. The summed E-state index contributed by atoms with van der Waals surface area (Å²) in [6.07, 6.45) is 0. The van der Waals surface area contributed by atoms with E-state index in [2.05, 4.69) is 211 Å². The highest BCUT2D eigenvalue weighted by Gasteiger charge is 2.27. The Labute approximate surface area is 346 Å². The van der Waals surface area contributed by atoms with Gasteiger partial charge in [0, 0.05) is 44.2 Å². The van der Waals surface area contributed by atoms with Crippen LogP contribution in [-0.4, -0.2) is 4.57 Å². The summed E-state index contributed by atoms with van der Waals surface area (Å²) in [7, 11) is 0. The lowest BCUT2D eigenvalue weighted by Crippen LogP contribution is -2.12. The summed E-state index contributed by atoms with van der Waals surface area (Å²) in [6.45, 7) is 2.14. The van der Waals surface area contributed by atoms with Gasteiger partial charge in [0.2, 0.25) is 0 Å². The zero-order valence-corrected chi connectivity index (χ0v) is 32.9. The van der Waals surface area contributed by atoms with Gasteiger partial charge >= 0.3 is 0 Å². The molecule has 0 unspecified atom stereocenters. The van der Waals surface area contributed by atoms with Gasteiger partial charge in [0.1, 0.15) is 5.58 Å². The first-order chi connectivity index (χ1) is 29.6. The molecular formula is C57H36N2O. The van der Waals surface area contributed by atoms with E-state index in [1.807, 2.05) is 6.07 Å². The monoisotopic (exact) mass is 764 g/mol. The van der Waals surface area contributed by atoms with Crippen LogP contribution in [0, 0.1) is 6.92 Å². The molecular weight excluding hydrogens is 729 g/mol. The molecule has 0 spiro atoms. The van der Waals surface area contributed by atoms with E-state index in [1.165, 1.54) is 76.9 Å². The number of hydrogen-bond acceptors (Lipinski definition) is 2. The van der Waals surface area contributed by atoms with Crippen molar-refractivity contribution in [3.8, 4) is 39.1 Å². The topological polar surface area (TPSA) is 21.3 Å². The van der Waals surface area contributed by atoms with Crippen LogP contribution in [-0.2, 0) is 0 Å². The van der Waals surface area contributed by atoms with Crippen LogP contribution in [0.25, 0.3) is 104 Å². The number of rotatable bonds is 5. The van der Waals surface area contributed by atoms with Crippen molar-refractivity contribution in [3.05, 3.63) is 206 Å². The number of furan rings is 1. The maximum atomic E-state index is 6.82. The predicted octanol–water partition coefficient (Wildman–Crippen LogP) is 16.1. The maximum Gasteiger partial charge on any atom is 0.160 e. The Morgan fingerprint density at radius 3 is 1.67 bits per heavy atom. The minimum absolute atomic E-state index is 0.873. The second-order valence-electron chi connectivity index (χ2n) is 16.2. The smallest absolute Gasteiger partial charge is 0.160 e. The summed E-state index contributed by atoms with van der Waals surface area (Å²) in [6, 6.07) is 73.1. The molecule has 0 radical (unpaired) electrons. The fourth-order valence-electron chi connectivity index (χ4n) is 9.83. The fraction of sp³-hybridized carbons (Fsp3) is 0.0175. The highest BCUT2D eigenvalue weighted by molar-refractivity contribution is 6.16. The minimum atomic E-state index is 0.873. The first-order valence-corrected chi connectivity index (χ1v) is 20.7. The van der Waals surface area contributed by atoms with Gasteiger partial charge in [-0.3, -0.25) is 0 Å². The van der Waals surface area contributed by atoms with Crippen molar-refractivity contribution >= 4 is 82.4 Å². The van der Waals surface area contributed by atoms with E-state index >= 15 is 0 Å². The third-order valence-corrected chi connectivity index (χ3v) is 12.7. The van der Waals surface area contributed by atoms with E-state index in [9.17, 15) is 0 Å². The molecule has 280 valence electrons. The lowest BCUT2D eigenvalue weighted by molar-refractivity contribution is 0.669. The fourth-order valence-corrected chi connectivity index (χ4v) is 9.83. The predicted molar refractivity (Wildman–Crippen MR) is 252 cm³/mol. The number of fused-ring (bicyclic) bond motifs is 12. The van der Waals surface area contributed by atoms with Crippen LogP contribution in [0.3, 0.4) is 0 Å². The van der Waals surface area contributed by atoms with Crippen LogP contribution < -0.4 is 4.90 Å². The number of aryl methyl sites for hydroxylation is 1. The molecule has 0 saturated heterocycles. The molecule has 3 nitrogen and oxygen atoms in total. The average Bonchev–Trinajstić information content (AvgIpc) is 3.85. The van der Waals surface area contributed by atoms with Gasteiger partial charge in [0.15, 0.2) is 5.58 Å². The van der Waals surface area contributed by atoms with Crippen molar-refractivity contribution in [1.29, 1.82) is 0 Å². The van der Waals surface area contributed by atoms with Crippen molar-refractivity contribution in [2.45, 2.75) is 6.92 Å². The molecule has 0 amide bonds. The van der Waals surface area contributed by atoms with E-state index in [4.69, 9.17) is 4.42 Å². The first-order valence-electron chi connectivity index (χ1n) is 20.7. The van der Waals surface area contributed by atoms with Gasteiger partial charge in [-0.05, 0) is 141 Å². The molecule has 12 aromatic rings. The van der Waals surface area contributed by atoms with Crippen molar-refractivity contribution in [1.82, 2.24) is 4.57 Å². The highest BCUT2D eigenvalue weighted by atomic mass is 16.3. The Kier molecular flexibility index (Phi) is 6.93. The van der Waals surface area contributed by atoms with E-state index < -0.39 is 0 Å². The molecule has 1 aliphatic rings. The molecule has 0 bridgehead atoms. The molecule has 1 aliphatic carbocycles. The molecule has 3 heteroatoms. The molecule has 0 N–H and O–H groups in total. The first kappa shape index (κ1) is 33.1. The summed E-state index contributed by atoms with van der Waals surface area (Å²) in [5, 5.41) is 9.69. The molecule has 13 rings (SSSR count). The molecule has 10 aromatic carbocycles. The summed E-state index contributed by atoms with van der Waals surface area (Å²) in [4.78, 5) is 2.39. The lowest BCUT2D eigenvalue weighted by Gasteiger charge is -2.29. The van der Waals surface area contributed by atoms with Gasteiger partial charge in [-0.15, -0.1) is 0 Å². The SMILES string of the molecule is Cc1ccc(N(c2ccc3cc4c(cc3c2)-c2cc3ccc(-n5c6ccccc6c6ccccc65)cc3cc2-4)c2c(-c3ccccc3)ccc3c2oc2ccccc23)cc1. The van der Waals surface area contributed by atoms with Gasteiger partial charge in [0.05, 0.1) is 16.7 Å². The van der Waals surface area contributed by atoms with Gasteiger partial charge in [-0.2, -0.15) is 0 Å². The quantitative estimate of drug-likeness (QED) is 0.174. The lowest BCUT2D eigenvalue weighted by atomic mass is 9.78. The number of aromatic nitrogens is 1. The Bertz CT molecular complexity index is 3670. The standard InChI is InChI=1S/C57H36N2O/c1-35-19-23-41(24-20-35)58(56-44(36-11-3-2-4-12-36)27-28-48-47-15-7-10-18-55(47)60-57(48)56)42-25-21-37-31-49-51(33-39(37)29-42)50-32-38-22-26-43(30-40(38)34-52(49)50)59-53-16-8-5-13-45(53)46-14-6-9-17-54(46)59/h2-34H,1H3. The molecule has 0 atom stereocenters. The normalized spacial score (nSPS) is 12.1. The van der Waals surface area contributed by atoms with Gasteiger partial charge in [0.25, 0.3) is 0 Å². The third kappa shape index (κ3) is 4.84. The Morgan fingerprint density at radius 1 is 0.400 bits per heavy atom. The van der Waals surface area contributed by atoms with Crippen LogP contribution >= 0.6 is 0 Å². The third-order valence-electron chi connectivity index (χ3n) is 12.7. The number of nitrogens with zero attached hydrogens (tertiary/aromatic N) is 2. The highest BCUT2D eigenvalue weighted by Crippen LogP contribution is 2.52. The van der Waals surface area contributed by atoms with E-state index in [-0.39, 0.29) is 0 Å². The Morgan fingerprint density at radius 2 is 0.967 bits per heavy atom. The van der Waals surface area contributed by atoms with Crippen LogP contribution in [0.2, 0.25) is 0 Å². The molecule has 0 aliphatic heterocycles. The van der Waals surface area contributed by atoms with E-state index in [0.717, 1.165) is 50.1 Å². The van der Waals surface area contributed by atoms with Crippen LogP contribution in [0.5, 0.6) is 0 Å². The van der Waals surface area contributed by atoms with E-state index in [1.54, 1.807) is 0 Å². The van der Waals surface area contributed by atoms with Crippen molar-refractivity contribution in [2.24, 2.45) is 0 Å². The second kappa shape index (κ2) is 12.6.